The van der Waals surface area contributed by atoms with Gasteiger partial charge in [0.1, 0.15) is 0 Å². The van der Waals surface area contributed by atoms with Gasteiger partial charge < -0.3 is 9.80 Å². The zero-order chi connectivity index (χ0) is 31.1. The normalized spacial score (nSPS) is 21.9. The van der Waals surface area contributed by atoms with E-state index in [1.54, 1.807) is 4.90 Å². The lowest BCUT2D eigenvalue weighted by Gasteiger charge is -2.45. The van der Waals surface area contributed by atoms with Crippen molar-refractivity contribution in [2.24, 2.45) is 11.8 Å². The maximum atomic E-state index is 14.1. The number of likely N-dealkylation sites (tertiary alicyclic amines) is 2. The maximum absolute atomic E-state index is 14.1. The van der Waals surface area contributed by atoms with E-state index in [0.29, 0.717) is 24.6 Å². The van der Waals surface area contributed by atoms with Crippen molar-refractivity contribution in [3.8, 4) is 0 Å². The lowest BCUT2D eigenvalue weighted by molar-refractivity contribution is -0.143. The van der Waals surface area contributed by atoms with Crippen molar-refractivity contribution < 1.29 is 31.1 Å². The molecule has 0 N–H and O–H groups in total. The maximum Gasteiger partial charge on any atom is 0.416 e. The molecule has 230 valence electrons. The fraction of sp³-hybridized carbons (Fsp3) is 0.424. The Morgan fingerprint density at radius 3 is 2.12 bits per heavy atom. The van der Waals surface area contributed by atoms with Gasteiger partial charge in [-0.25, -0.2) is 4.79 Å². The molecule has 2 aliphatic rings. The van der Waals surface area contributed by atoms with Crippen molar-refractivity contribution in [2.45, 2.75) is 51.2 Å². The van der Waals surface area contributed by atoms with Gasteiger partial charge >= 0.3 is 18.4 Å². The number of piperidine rings is 1. The molecule has 2 aliphatic heterocycles. The van der Waals surface area contributed by atoms with Gasteiger partial charge in [-0.3, -0.25) is 4.90 Å². The van der Waals surface area contributed by atoms with Crippen molar-refractivity contribution in [1.29, 1.82) is 0 Å². The first-order valence-corrected chi connectivity index (χ1v) is 14.4. The van der Waals surface area contributed by atoms with Crippen LogP contribution in [0, 0.1) is 18.8 Å². The quantitative estimate of drug-likeness (QED) is 0.274. The Bertz CT molecular complexity index is 1410. The van der Waals surface area contributed by atoms with E-state index in [9.17, 15) is 31.1 Å². The van der Waals surface area contributed by atoms with Crippen LogP contribution in [-0.4, -0.2) is 47.4 Å². The predicted octanol–water partition coefficient (Wildman–Crippen LogP) is 8.34. The minimum absolute atomic E-state index is 0.109. The van der Waals surface area contributed by atoms with Crippen molar-refractivity contribution in [3.63, 3.8) is 0 Å². The molecule has 0 saturated carbocycles. The summed E-state index contributed by atoms with van der Waals surface area (Å²) in [5.74, 6) is 0.467. The molecule has 0 aromatic heterocycles. The second kappa shape index (κ2) is 11.9. The summed E-state index contributed by atoms with van der Waals surface area (Å²) < 4.78 is 81.4. The average Bonchev–Trinajstić information content (AvgIpc) is 3.37. The number of hydrogen-bond donors (Lipinski definition) is 0. The van der Waals surface area contributed by atoms with Gasteiger partial charge in [0.2, 0.25) is 0 Å². The standard InChI is InChI=1S/C33H35F6N3O/c1-21-9-7-8-12-28(21)30-29-20-41(18-23-10-5-4-6-11-23)19-24(29)13-14-42(30)31(43)40(3)22(2)25-15-26(32(34,35)36)17-27(16-25)33(37,38)39/h4-12,15-17,22,24,29-30H,13-14,18-20H2,1-3H3/t22?,24?,29-,30?/m1/s1. The van der Waals surface area contributed by atoms with Gasteiger partial charge in [-0.1, -0.05) is 54.6 Å². The van der Waals surface area contributed by atoms with Crippen LogP contribution in [0.3, 0.4) is 0 Å². The first-order valence-electron chi connectivity index (χ1n) is 14.4. The Morgan fingerprint density at radius 2 is 1.51 bits per heavy atom. The third kappa shape index (κ3) is 6.54. The molecule has 4 atom stereocenters. The zero-order valence-electron chi connectivity index (χ0n) is 24.3. The third-order valence-corrected chi connectivity index (χ3v) is 9.03. The fourth-order valence-corrected chi connectivity index (χ4v) is 6.64. The number of rotatable bonds is 5. The minimum Gasteiger partial charge on any atom is -0.321 e. The van der Waals surface area contributed by atoms with Gasteiger partial charge in [0.25, 0.3) is 0 Å². The van der Waals surface area contributed by atoms with Crippen molar-refractivity contribution >= 4 is 6.03 Å². The van der Waals surface area contributed by atoms with Gasteiger partial charge in [0.15, 0.2) is 0 Å². The molecular weight excluding hydrogens is 568 g/mol. The molecule has 3 aromatic carbocycles. The Balaban J connectivity index is 1.45. The Hall–Kier alpha value is -3.53. The third-order valence-electron chi connectivity index (χ3n) is 9.03. The molecule has 2 saturated heterocycles. The number of nitrogens with zero attached hydrogens (tertiary/aromatic N) is 3. The fourth-order valence-electron chi connectivity index (χ4n) is 6.64. The van der Waals surface area contributed by atoms with Crippen LogP contribution >= 0.6 is 0 Å². The van der Waals surface area contributed by atoms with Crippen LogP contribution < -0.4 is 0 Å². The zero-order valence-corrected chi connectivity index (χ0v) is 24.3. The lowest BCUT2D eigenvalue weighted by Crippen LogP contribution is -2.51. The first kappa shape index (κ1) is 30.9. The smallest absolute Gasteiger partial charge is 0.321 e. The van der Waals surface area contributed by atoms with Crippen molar-refractivity contribution in [2.75, 3.05) is 26.7 Å². The molecule has 5 rings (SSSR count). The molecule has 0 spiro atoms. The number of carbonyl (C=O) groups excluding carboxylic acids is 1. The average molecular weight is 604 g/mol. The number of fused-ring (bicyclic) bond motifs is 1. The van der Waals surface area contributed by atoms with Gasteiger partial charge in [0.05, 0.1) is 23.2 Å². The Labute approximate surface area is 247 Å². The SMILES string of the molecule is Cc1ccccc1C1[C@@H]2CN(Cc3ccccc3)CC2CCN1C(=O)N(C)C(C)c1cc(C(F)(F)F)cc(C(F)(F)F)c1. The van der Waals surface area contributed by atoms with E-state index in [-0.39, 0.29) is 23.6 Å². The largest absolute Gasteiger partial charge is 0.416 e. The summed E-state index contributed by atoms with van der Waals surface area (Å²) in [6.45, 7) is 6.33. The molecule has 3 unspecified atom stereocenters. The molecule has 3 aromatic rings. The number of carbonyl (C=O) groups is 1. The summed E-state index contributed by atoms with van der Waals surface area (Å²) in [7, 11) is 1.44. The summed E-state index contributed by atoms with van der Waals surface area (Å²) >= 11 is 0. The second-order valence-corrected chi connectivity index (χ2v) is 11.8. The summed E-state index contributed by atoms with van der Waals surface area (Å²) in [6, 6.07) is 17.8. The van der Waals surface area contributed by atoms with E-state index in [1.165, 1.54) is 24.4 Å². The number of aryl methyl sites for hydroxylation is 1. The number of hydrogen-bond acceptors (Lipinski definition) is 2. The number of alkyl halides is 6. The summed E-state index contributed by atoms with van der Waals surface area (Å²) in [5.41, 5.74) is 0.216. The van der Waals surface area contributed by atoms with Crippen LogP contribution in [0.2, 0.25) is 0 Å². The summed E-state index contributed by atoms with van der Waals surface area (Å²) in [5, 5.41) is 0. The number of halogens is 6. The van der Waals surface area contributed by atoms with Gasteiger partial charge in [-0.05, 0) is 66.6 Å². The molecule has 2 amide bonds. The lowest BCUT2D eigenvalue weighted by atomic mass is 9.78. The Morgan fingerprint density at radius 1 is 0.907 bits per heavy atom. The Kier molecular flexibility index (Phi) is 8.53. The topological polar surface area (TPSA) is 26.8 Å². The molecule has 43 heavy (non-hydrogen) atoms. The molecular formula is C33H35F6N3O. The predicted molar refractivity (Wildman–Crippen MR) is 152 cm³/mol. The van der Waals surface area contributed by atoms with Crippen LogP contribution in [0.4, 0.5) is 31.1 Å². The number of urea groups is 1. The van der Waals surface area contributed by atoms with E-state index in [1.807, 2.05) is 49.4 Å². The van der Waals surface area contributed by atoms with Crippen LogP contribution in [0.25, 0.3) is 0 Å². The van der Waals surface area contributed by atoms with Gasteiger partial charge in [-0.2, -0.15) is 26.3 Å². The molecule has 4 nitrogen and oxygen atoms in total. The van der Waals surface area contributed by atoms with Crippen LogP contribution in [0.1, 0.15) is 58.8 Å². The molecule has 2 heterocycles. The number of amides is 2. The minimum atomic E-state index is -4.97. The molecule has 10 heteroatoms. The van der Waals surface area contributed by atoms with Gasteiger partial charge in [0, 0.05) is 39.1 Å². The molecule has 0 radical (unpaired) electrons. The van der Waals surface area contributed by atoms with E-state index >= 15 is 0 Å². The molecule has 0 bridgehead atoms. The number of benzene rings is 3. The highest BCUT2D eigenvalue weighted by Gasteiger charge is 2.47. The van der Waals surface area contributed by atoms with E-state index in [2.05, 4.69) is 17.0 Å². The van der Waals surface area contributed by atoms with Crippen LogP contribution in [-0.2, 0) is 18.9 Å². The highest BCUT2D eigenvalue weighted by Crippen LogP contribution is 2.46. The van der Waals surface area contributed by atoms with Gasteiger partial charge in [-0.15, -0.1) is 0 Å². The van der Waals surface area contributed by atoms with Crippen molar-refractivity contribution in [3.05, 3.63) is 106 Å². The van der Waals surface area contributed by atoms with E-state index in [0.717, 1.165) is 37.2 Å². The summed E-state index contributed by atoms with van der Waals surface area (Å²) in [4.78, 5) is 19.6. The van der Waals surface area contributed by atoms with E-state index < -0.39 is 35.6 Å². The van der Waals surface area contributed by atoms with Crippen molar-refractivity contribution in [1.82, 2.24) is 14.7 Å². The van der Waals surface area contributed by atoms with Crippen LogP contribution in [0.15, 0.2) is 72.8 Å². The first-order chi connectivity index (χ1) is 20.2. The highest BCUT2D eigenvalue weighted by molar-refractivity contribution is 5.75. The second-order valence-electron chi connectivity index (χ2n) is 11.8. The monoisotopic (exact) mass is 603 g/mol. The highest BCUT2D eigenvalue weighted by atomic mass is 19.4. The summed E-state index contributed by atoms with van der Waals surface area (Å²) in [6.07, 6.45) is -9.18. The molecule has 0 aliphatic carbocycles. The molecule has 2 fully saturated rings. The van der Waals surface area contributed by atoms with Crippen LogP contribution in [0.5, 0.6) is 0 Å². The van der Waals surface area contributed by atoms with E-state index in [4.69, 9.17) is 0 Å².